The highest BCUT2D eigenvalue weighted by Crippen LogP contribution is 2.25. The summed E-state index contributed by atoms with van der Waals surface area (Å²) in [4.78, 5) is 44.3. The lowest BCUT2D eigenvalue weighted by Gasteiger charge is -2.20. The fourth-order valence-electron chi connectivity index (χ4n) is 3.33. The Morgan fingerprint density at radius 3 is 2.40 bits per heavy atom. The van der Waals surface area contributed by atoms with E-state index in [1.165, 1.54) is 12.3 Å². The largest absolute Gasteiger partial charge is 0.487 e. The summed E-state index contributed by atoms with van der Waals surface area (Å²) >= 11 is 0. The molecule has 1 atom stereocenters. The molecule has 0 aliphatic carbocycles. The molecule has 0 amide bonds. The number of hydrogen-bond donors (Lipinski definition) is 0. The molecule has 0 bridgehead atoms. The van der Waals surface area contributed by atoms with E-state index in [1.807, 2.05) is 0 Å². The highest BCUT2D eigenvalue weighted by atomic mass is 19.4. The number of esters is 3. The monoisotopic (exact) mass is 570 g/mol. The number of nitrogens with zero attached hydrogens (tertiary/aromatic N) is 2. The minimum Gasteiger partial charge on any atom is -0.487 e. The van der Waals surface area contributed by atoms with Crippen molar-refractivity contribution < 1.29 is 51.2 Å². The van der Waals surface area contributed by atoms with Gasteiger partial charge in [-0.25, -0.2) is 9.78 Å². The molecular formula is C27H33F3N2O8. The fraction of sp³-hybridized carbons (Fsp3) is 0.519. The van der Waals surface area contributed by atoms with Crippen LogP contribution in [0.25, 0.3) is 0 Å². The van der Waals surface area contributed by atoms with Gasteiger partial charge in [-0.2, -0.15) is 18.2 Å². The summed E-state index contributed by atoms with van der Waals surface area (Å²) in [6, 6.07) is 6.09. The average Bonchev–Trinajstić information content (AvgIpc) is 2.81. The number of halogens is 3. The first-order valence-corrected chi connectivity index (χ1v) is 12.5. The SMILES string of the molecule is CCOC(=O)C(Cc1cc(CC(=O)OC(C)(C)C)ccc1OCc1ccnc(OCCC(F)(F)F)n1)OC(C)=O. The standard InChI is InChI=1S/C27H33F3N2O8/c1-6-36-24(35)22(39-17(2)33)15-19-13-18(14-23(34)40-26(3,4)5)7-8-21(19)38-16-20-9-11-31-25(32-20)37-12-10-27(28,29)30/h7-9,11,13,22H,6,10,12,14-16H2,1-5H3. The van der Waals surface area contributed by atoms with Crippen LogP contribution in [0.1, 0.15) is 57.9 Å². The van der Waals surface area contributed by atoms with Gasteiger partial charge in [-0.1, -0.05) is 12.1 Å². The molecule has 1 aromatic carbocycles. The Bertz CT molecular complexity index is 1170. The van der Waals surface area contributed by atoms with Crippen molar-refractivity contribution in [2.45, 2.75) is 78.4 Å². The third kappa shape index (κ3) is 12.3. The van der Waals surface area contributed by atoms with Crippen molar-refractivity contribution in [3.05, 3.63) is 47.3 Å². The van der Waals surface area contributed by atoms with Gasteiger partial charge in [0.25, 0.3) is 0 Å². The number of hydrogen-bond acceptors (Lipinski definition) is 10. The molecule has 0 spiro atoms. The summed E-state index contributed by atoms with van der Waals surface area (Å²) in [5, 5.41) is 0. The summed E-state index contributed by atoms with van der Waals surface area (Å²) in [5.74, 6) is -1.62. The van der Waals surface area contributed by atoms with E-state index in [0.717, 1.165) is 6.92 Å². The second-order valence-corrected chi connectivity index (χ2v) is 9.59. The maximum Gasteiger partial charge on any atom is 0.392 e. The first-order chi connectivity index (χ1) is 18.6. The zero-order valence-corrected chi connectivity index (χ0v) is 23.0. The van der Waals surface area contributed by atoms with Crippen LogP contribution < -0.4 is 9.47 Å². The van der Waals surface area contributed by atoms with Crippen LogP contribution in [0.5, 0.6) is 11.8 Å². The van der Waals surface area contributed by atoms with Crippen LogP contribution in [0.3, 0.4) is 0 Å². The third-order valence-electron chi connectivity index (χ3n) is 4.84. The van der Waals surface area contributed by atoms with E-state index >= 15 is 0 Å². The zero-order chi connectivity index (χ0) is 29.9. The molecule has 220 valence electrons. The van der Waals surface area contributed by atoms with Crippen LogP contribution in [-0.4, -0.2) is 59.0 Å². The molecule has 0 fully saturated rings. The van der Waals surface area contributed by atoms with E-state index in [9.17, 15) is 27.6 Å². The quantitative estimate of drug-likeness (QED) is 0.254. The molecule has 0 saturated heterocycles. The summed E-state index contributed by atoms with van der Waals surface area (Å²) in [6.07, 6.45) is -5.67. The number of carbonyl (C=O) groups is 3. The number of ether oxygens (including phenoxy) is 5. The van der Waals surface area contributed by atoms with Crippen LogP contribution in [0, 0.1) is 0 Å². The van der Waals surface area contributed by atoms with Gasteiger partial charge in [0, 0.05) is 19.5 Å². The Labute approximate surface area is 230 Å². The number of benzene rings is 1. The lowest BCUT2D eigenvalue weighted by molar-refractivity contribution is -0.166. The Morgan fingerprint density at radius 1 is 1.05 bits per heavy atom. The number of alkyl halides is 3. The first kappa shape index (κ1) is 32.3. The molecule has 10 nitrogen and oxygen atoms in total. The molecule has 40 heavy (non-hydrogen) atoms. The van der Waals surface area contributed by atoms with Crippen molar-refractivity contribution in [1.29, 1.82) is 0 Å². The van der Waals surface area contributed by atoms with E-state index in [1.54, 1.807) is 45.9 Å². The molecule has 0 aliphatic rings. The zero-order valence-electron chi connectivity index (χ0n) is 23.0. The molecule has 0 saturated carbocycles. The molecule has 2 rings (SSSR count). The lowest BCUT2D eigenvalue weighted by atomic mass is 10.0. The number of aromatic nitrogens is 2. The van der Waals surface area contributed by atoms with Crippen molar-refractivity contribution in [2.75, 3.05) is 13.2 Å². The van der Waals surface area contributed by atoms with Crippen molar-refractivity contribution in [3.8, 4) is 11.8 Å². The maximum absolute atomic E-state index is 12.5. The fourth-order valence-corrected chi connectivity index (χ4v) is 3.33. The molecule has 1 aromatic heterocycles. The van der Waals surface area contributed by atoms with Crippen molar-refractivity contribution in [2.24, 2.45) is 0 Å². The smallest absolute Gasteiger partial charge is 0.392 e. The average molecular weight is 571 g/mol. The van der Waals surface area contributed by atoms with Gasteiger partial charge in [0.15, 0.2) is 0 Å². The Hall–Kier alpha value is -3.90. The normalized spacial score (nSPS) is 12.3. The van der Waals surface area contributed by atoms with E-state index in [4.69, 9.17) is 23.7 Å². The van der Waals surface area contributed by atoms with Crippen LogP contribution in [0.15, 0.2) is 30.5 Å². The molecule has 1 heterocycles. The number of carbonyl (C=O) groups excluding carboxylic acids is 3. The molecule has 0 N–H and O–H groups in total. The third-order valence-corrected chi connectivity index (χ3v) is 4.84. The summed E-state index contributed by atoms with van der Waals surface area (Å²) in [6.45, 7) is 7.31. The summed E-state index contributed by atoms with van der Waals surface area (Å²) in [5.41, 5.74) is 0.614. The van der Waals surface area contributed by atoms with Gasteiger partial charge in [0.2, 0.25) is 6.10 Å². The Balaban J connectivity index is 2.27. The minimum atomic E-state index is -4.37. The van der Waals surface area contributed by atoms with Gasteiger partial charge in [0.1, 0.15) is 24.6 Å². The van der Waals surface area contributed by atoms with Gasteiger partial charge < -0.3 is 23.7 Å². The van der Waals surface area contributed by atoms with Crippen molar-refractivity contribution in [1.82, 2.24) is 9.97 Å². The van der Waals surface area contributed by atoms with Crippen LogP contribution >= 0.6 is 0 Å². The van der Waals surface area contributed by atoms with E-state index in [2.05, 4.69) is 9.97 Å². The van der Waals surface area contributed by atoms with Gasteiger partial charge >= 0.3 is 30.1 Å². The predicted molar refractivity (Wildman–Crippen MR) is 134 cm³/mol. The molecule has 1 unspecified atom stereocenters. The topological polar surface area (TPSA) is 123 Å². The highest BCUT2D eigenvalue weighted by molar-refractivity contribution is 5.79. The van der Waals surface area contributed by atoms with E-state index in [-0.39, 0.29) is 37.8 Å². The van der Waals surface area contributed by atoms with E-state index in [0.29, 0.717) is 16.8 Å². The van der Waals surface area contributed by atoms with Gasteiger partial charge in [-0.3, -0.25) is 9.59 Å². The maximum atomic E-state index is 12.5. The molecule has 0 radical (unpaired) electrons. The summed E-state index contributed by atoms with van der Waals surface area (Å²) < 4.78 is 63.6. The van der Waals surface area contributed by atoms with Crippen LogP contribution in [0.4, 0.5) is 13.2 Å². The van der Waals surface area contributed by atoms with Crippen LogP contribution in [-0.2, 0) is 48.0 Å². The number of rotatable bonds is 13. The molecule has 0 aliphatic heterocycles. The summed E-state index contributed by atoms with van der Waals surface area (Å²) in [7, 11) is 0. The van der Waals surface area contributed by atoms with Crippen molar-refractivity contribution in [3.63, 3.8) is 0 Å². The van der Waals surface area contributed by atoms with Crippen LogP contribution in [0.2, 0.25) is 0 Å². The molecule has 13 heteroatoms. The Kier molecular flexibility index (Phi) is 11.7. The highest BCUT2D eigenvalue weighted by Gasteiger charge is 2.27. The lowest BCUT2D eigenvalue weighted by Crippen LogP contribution is -2.31. The molecule has 2 aromatic rings. The predicted octanol–water partition coefficient (Wildman–Crippen LogP) is 4.31. The minimum absolute atomic E-state index is 0.0628. The van der Waals surface area contributed by atoms with Gasteiger partial charge in [0.05, 0.1) is 25.1 Å². The Morgan fingerprint density at radius 2 is 1.77 bits per heavy atom. The van der Waals surface area contributed by atoms with Gasteiger partial charge in [-0.05, 0) is 51.0 Å². The molecular weight excluding hydrogens is 537 g/mol. The second kappa shape index (κ2) is 14.5. The second-order valence-electron chi connectivity index (χ2n) is 9.59. The van der Waals surface area contributed by atoms with Crippen molar-refractivity contribution >= 4 is 17.9 Å². The van der Waals surface area contributed by atoms with Gasteiger partial charge in [-0.15, -0.1) is 0 Å². The van der Waals surface area contributed by atoms with E-state index < -0.39 is 48.8 Å². The first-order valence-electron chi connectivity index (χ1n) is 12.5.